The maximum Gasteiger partial charge on any atom is 0.352 e. The predicted molar refractivity (Wildman–Crippen MR) is 71.9 cm³/mol. The van der Waals surface area contributed by atoms with E-state index in [0.717, 1.165) is 17.7 Å². The summed E-state index contributed by atoms with van der Waals surface area (Å²) < 4.78 is 1.82. The van der Waals surface area contributed by atoms with Crippen molar-refractivity contribution in [2.24, 2.45) is 0 Å². The molecule has 94 valence electrons. The SMILES string of the molecule is CCc1ccc(-c2ccc(C(=O)O)n2CC)cc1. The first-order valence-corrected chi connectivity index (χ1v) is 6.19. The molecule has 0 radical (unpaired) electrons. The first-order valence-electron chi connectivity index (χ1n) is 6.19. The normalized spacial score (nSPS) is 10.6. The highest BCUT2D eigenvalue weighted by atomic mass is 16.4. The van der Waals surface area contributed by atoms with Crippen molar-refractivity contribution in [1.29, 1.82) is 0 Å². The fourth-order valence-electron chi connectivity index (χ4n) is 2.16. The number of hydrogen-bond acceptors (Lipinski definition) is 1. The standard InChI is InChI=1S/C15H17NO2/c1-3-11-5-7-12(8-6-11)13-9-10-14(15(17)18)16(13)4-2/h5-10H,3-4H2,1-2H3,(H,17,18). The first-order chi connectivity index (χ1) is 8.67. The Kier molecular flexibility index (Phi) is 3.51. The third kappa shape index (κ3) is 2.16. The minimum absolute atomic E-state index is 0.340. The van der Waals surface area contributed by atoms with Crippen LogP contribution in [0.25, 0.3) is 11.3 Å². The highest BCUT2D eigenvalue weighted by Gasteiger charge is 2.13. The van der Waals surface area contributed by atoms with Gasteiger partial charge in [0.2, 0.25) is 0 Å². The number of aromatic nitrogens is 1. The highest BCUT2D eigenvalue weighted by molar-refractivity contribution is 5.87. The molecule has 3 heteroatoms. The second kappa shape index (κ2) is 5.08. The summed E-state index contributed by atoms with van der Waals surface area (Å²) in [6.45, 7) is 4.72. The van der Waals surface area contributed by atoms with Gasteiger partial charge in [0.15, 0.2) is 0 Å². The second-order valence-corrected chi connectivity index (χ2v) is 4.20. The number of carboxylic acid groups (broad SMARTS) is 1. The number of nitrogens with zero attached hydrogens (tertiary/aromatic N) is 1. The van der Waals surface area contributed by atoms with Crippen molar-refractivity contribution in [2.75, 3.05) is 0 Å². The number of carbonyl (C=O) groups is 1. The monoisotopic (exact) mass is 243 g/mol. The number of benzene rings is 1. The Morgan fingerprint density at radius 1 is 1.11 bits per heavy atom. The Labute approximate surface area is 107 Å². The molecule has 0 atom stereocenters. The van der Waals surface area contributed by atoms with Crippen molar-refractivity contribution in [1.82, 2.24) is 4.57 Å². The summed E-state index contributed by atoms with van der Waals surface area (Å²) in [4.78, 5) is 11.1. The van der Waals surface area contributed by atoms with E-state index in [1.165, 1.54) is 5.56 Å². The summed E-state index contributed by atoms with van der Waals surface area (Å²) in [5, 5.41) is 9.12. The van der Waals surface area contributed by atoms with Gasteiger partial charge in [-0.05, 0) is 36.6 Å². The van der Waals surface area contributed by atoms with Crippen molar-refractivity contribution in [3.8, 4) is 11.3 Å². The average Bonchev–Trinajstić information content (AvgIpc) is 2.82. The summed E-state index contributed by atoms with van der Waals surface area (Å²) in [5.74, 6) is -0.881. The topological polar surface area (TPSA) is 42.2 Å². The van der Waals surface area contributed by atoms with Crippen molar-refractivity contribution < 1.29 is 9.90 Å². The number of rotatable bonds is 4. The van der Waals surface area contributed by atoms with E-state index in [-0.39, 0.29) is 0 Å². The van der Waals surface area contributed by atoms with E-state index < -0.39 is 5.97 Å². The number of hydrogen-bond donors (Lipinski definition) is 1. The van der Waals surface area contributed by atoms with Gasteiger partial charge >= 0.3 is 5.97 Å². The molecule has 2 aromatic rings. The molecule has 0 fully saturated rings. The molecule has 1 aromatic carbocycles. The second-order valence-electron chi connectivity index (χ2n) is 4.20. The van der Waals surface area contributed by atoms with Crippen molar-refractivity contribution in [2.45, 2.75) is 26.8 Å². The van der Waals surface area contributed by atoms with Crippen LogP contribution in [-0.2, 0) is 13.0 Å². The van der Waals surface area contributed by atoms with Crippen LogP contribution < -0.4 is 0 Å². The average molecular weight is 243 g/mol. The molecule has 0 unspecified atom stereocenters. The molecule has 1 heterocycles. The van der Waals surface area contributed by atoms with Gasteiger partial charge in [-0.25, -0.2) is 4.79 Å². The van der Waals surface area contributed by atoms with Crippen molar-refractivity contribution >= 4 is 5.97 Å². The van der Waals surface area contributed by atoms with Crippen LogP contribution in [-0.4, -0.2) is 15.6 Å². The van der Waals surface area contributed by atoms with Crippen molar-refractivity contribution in [3.63, 3.8) is 0 Å². The van der Waals surface area contributed by atoms with Gasteiger partial charge in [-0.3, -0.25) is 0 Å². The van der Waals surface area contributed by atoms with E-state index in [4.69, 9.17) is 5.11 Å². The fourth-order valence-corrected chi connectivity index (χ4v) is 2.16. The molecular formula is C15H17NO2. The summed E-state index contributed by atoms with van der Waals surface area (Å²) in [5.41, 5.74) is 3.64. The number of aromatic carboxylic acids is 1. The zero-order valence-corrected chi connectivity index (χ0v) is 10.7. The Morgan fingerprint density at radius 3 is 2.28 bits per heavy atom. The molecule has 18 heavy (non-hydrogen) atoms. The predicted octanol–water partition coefficient (Wildman–Crippen LogP) is 3.44. The minimum atomic E-state index is -0.881. The number of aryl methyl sites for hydroxylation is 1. The van der Waals surface area contributed by atoms with Gasteiger partial charge in [-0.15, -0.1) is 0 Å². The van der Waals surface area contributed by atoms with Gasteiger partial charge in [0, 0.05) is 12.2 Å². The lowest BCUT2D eigenvalue weighted by Gasteiger charge is -2.09. The highest BCUT2D eigenvalue weighted by Crippen LogP contribution is 2.23. The Morgan fingerprint density at radius 2 is 1.78 bits per heavy atom. The maximum atomic E-state index is 11.1. The van der Waals surface area contributed by atoms with E-state index in [2.05, 4.69) is 19.1 Å². The van der Waals surface area contributed by atoms with Gasteiger partial charge in [0.1, 0.15) is 5.69 Å². The lowest BCUT2D eigenvalue weighted by molar-refractivity contribution is 0.0685. The van der Waals surface area contributed by atoms with E-state index in [0.29, 0.717) is 12.2 Å². The third-order valence-electron chi connectivity index (χ3n) is 3.17. The van der Waals surface area contributed by atoms with Gasteiger partial charge < -0.3 is 9.67 Å². The molecule has 0 aliphatic rings. The molecule has 0 aliphatic carbocycles. The van der Waals surface area contributed by atoms with E-state index in [9.17, 15) is 4.79 Å². The molecule has 0 spiro atoms. The van der Waals surface area contributed by atoms with Gasteiger partial charge in [0.05, 0.1) is 0 Å². The molecule has 0 bridgehead atoms. The largest absolute Gasteiger partial charge is 0.477 e. The fraction of sp³-hybridized carbons (Fsp3) is 0.267. The summed E-state index contributed by atoms with van der Waals surface area (Å²) in [6.07, 6.45) is 1.01. The molecule has 0 amide bonds. The molecule has 1 N–H and O–H groups in total. The quantitative estimate of drug-likeness (QED) is 0.893. The smallest absolute Gasteiger partial charge is 0.352 e. The van der Waals surface area contributed by atoms with Crippen LogP contribution >= 0.6 is 0 Å². The molecule has 2 rings (SSSR count). The molecule has 0 aliphatic heterocycles. The zero-order valence-electron chi connectivity index (χ0n) is 10.7. The molecular weight excluding hydrogens is 226 g/mol. The van der Waals surface area contributed by atoms with Crippen LogP contribution in [0.4, 0.5) is 0 Å². The minimum Gasteiger partial charge on any atom is -0.477 e. The maximum absolute atomic E-state index is 11.1. The Bertz CT molecular complexity index is 552. The summed E-state index contributed by atoms with van der Waals surface area (Å²) in [6, 6.07) is 11.8. The van der Waals surface area contributed by atoms with Gasteiger partial charge in [-0.1, -0.05) is 31.2 Å². The van der Waals surface area contributed by atoms with Crippen LogP contribution in [0.15, 0.2) is 36.4 Å². The Hall–Kier alpha value is -2.03. The van der Waals surface area contributed by atoms with Crippen LogP contribution in [0.1, 0.15) is 29.9 Å². The third-order valence-corrected chi connectivity index (χ3v) is 3.17. The van der Waals surface area contributed by atoms with E-state index in [1.807, 2.05) is 29.7 Å². The van der Waals surface area contributed by atoms with Crippen molar-refractivity contribution in [3.05, 3.63) is 47.7 Å². The summed E-state index contributed by atoms with van der Waals surface area (Å²) >= 11 is 0. The van der Waals surface area contributed by atoms with Crippen LogP contribution in [0.3, 0.4) is 0 Å². The molecule has 0 saturated carbocycles. The lowest BCUT2D eigenvalue weighted by Crippen LogP contribution is -2.08. The van der Waals surface area contributed by atoms with E-state index in [1.54, 1.807) is 6.07 Å². The molecule has 0 saturated heterocycles. The molecule has 1 aromatic heterocycles. The van der Waals surface area contributed by atoms with E-state index >= 15 is 0 Å². The first kappa shape index (κ1) is 12.4. The van der Waals surface area contributed by atoms with Gasteiger partial charge in [0.25, 0.3) is 0 Å². The van der Waals surface area contributed by atoms with Crippen LogP contribution in [0.2, 0.25) is 0 Å². The Balaban J connectivity index is 2.46. The van der Waals surface area contributed by atoms with Crippen LogP contribution in [0, 0.1) is 0 Å². The van der Waals surface area contributed by atoms with Gasteiger partial charge in [-0.2, -0.15) is 0 Å². The molecule has 3 nitrogen and oxygen atoms in total. The van der Waals surface area contributed by atoms with Crippen LogP contribution in [0.5, 0.6) is 0 Å². The summed E-state index contributed by atoms with van der Waals surface area (Å²) in [7, 11) is 0. The zero-order chi connectivity index (χ0) is 13.1. The number of carboxylic acids is 1. The lowest BCUT2D eigenvalue weighted by atomic mass is 10.1.